The Kier molecular flexibility index (Phi) is 4.39. The monoisotopic (exact) mass is 383 g/mol. The number of aryl methyl sites for hydroxylation is 1. The summed E-state index contributed by atoms with van der Waals surface area (Å²) in [5, 5.41) is 9.41. The van der Waals surface area contributed by atoms with Crippen molar-refractivity contribution < 1.29 is 4.79 Å². The predicted molar refractivity (Wildman–Crippen MR) is 104 cm³/mol. The van der Waals surface area contributed by atoms with Gasteiger partial charge in [-0.25, -0.2) is 4.98 Å². The van der Waals surface area contributed by atoms with Crippen molar-refractivity contribution in [3.05, 3.63) is 41.5 Å². The van der Waals surface area contributed by atoms with Gasteiger partial charge in [0.15, 0.2) is 16.7 Å². The fourth-order valence-electron chi connectivity index (χ4n) is 3.28. The molecule has 4 rings (SSSR count). The molecule has 0 radical (unpaired) electrons. The van der Waals surface area contributed by atoms with E-state index < -0.39 is 0 Å². The van der Waals surface area contributed by atoms with Crippen LogP contribution in [0.5, 0.6) is 0 Å². The molecule has 2 aromatic heterocycles. The Balaban J connectivity index is 1.59. The van der Waals surface area contributed by atoms with E-state index in [-0.39, 0.29) is 11.9 Å². The lowest BCUT2D eigenvalue weighted by molar-refractivity contribution is 0.0638. The van der Waals surface area contributed by atoms with Gasteiger partial charge in [0.2, 0.25) is 0 Å². The second-order valence-electron chi connectivity index (χ2n) is 6.80. The van der Waals surface area contributed by atoms with Gasteiger partial charge in [-0.1, -0.05) is 0 Å². The van der Waals surface area contributed by atoms with Crippen molar-refractivity contribution in [1.29, 1.82) is 0 Å². The molecule has 8 nitrogen and oxygen atoms in total. The molecule has 1 aliphatic rings. The van der Waals surface area contributed by atoms with Gasteiger partial charge in [0, 0.05) is 38.4 Å². The standard InChI is InChI=1S/C18H21N7OS/c1-11-15-20-21-16(17-19-12(2)22-27-17)25(15)10-9-24(11)18(26)13-5-7-14(8-6-13)23(3)4/h5-8,11H,9-10H2,1-4H3/t11-/m1/s1. The Bertz CT molecular complexity index is 976. The van der Waals surface area contributed by atoms with Crippen LogP contribution >= 0.6 is 11.5 Å². The van der Waals surface area contributed by atoms with E-state index in [9.17, 15) is 4.79 Å². The summed E-state index contributed by atoms with van der Waals surface area (Å²) in [6.45, 7) is 5.09. The lowest BCUT2D eigenvalue weighted by Crippen LogP contribution is -2.41. The smallest absolute Gasteiger partial charge is 0.254 e. The highest BCUT2D eigenvalue weighted by Gasteiger charge is 2.32. The van der Waals surface area contributed by atoms with Gasteiger partial charge in [-0.3, -0.25) is 4.79 Å². The van der Waals surface area contributed by atoms with Gasteiger partial charge in [0.1, 0.15) is 5.82 Å². The highest BCUT2D eigenvalue weighted by Crippen LogP contribution is 2.30. The third-order valence-corrected chi connectivity index (χ3v) is 5.60. The molecule has 3 heterocycles. The first-order valence-electron chi connectivity index (χ1n) is 8.78. The Labute approximate surface area is 161 Å². The molecule has 27 heavy (non-hydrogen) atoms. The Morgan fingerprint density at radius 3 is 2.56 bits per heavy atom. The average Bonchev–Trinajstić information content (AvgIpc) is 3.28. The fourth-order valence-corrected chi connectivity index (χ4v) is 3.94. The van der Waals surface area contributed by atoms with Crippen LogP contribution in [0.1, 0.15) is 35.0 Å². The van der Waals surface area contributed by atoms with Gasteiger partial charge in [-0.2, -0.15) is 4.37 Å². The number of rotatable bonds is 3. The van der Waals surface area contributed by atoms with E-state index in [1.54, 1.807) is 0 Å². The quantitative estimate of drug-likeness (QED) is 0.691. The predicted octanol–water partition coefficient (Wildman–Crippen LogP) is 2.39. The number of anilines is 1. The molecule has 9 heteroatoms. The summed E-state index contributed by atoms with van der Waals surface area (Å²) in [7, 11) is 3.96. The third kappa shape index (κ3) is 3.08. The highest BCUT2D eigenvalue weighted by atomic mass is 32.1. The maximum absolute atomic E-state index is 13.0. The Hall–Kier alpha value is -2.81. The molecule has 0 N–H and O–H groups in total. The number of carbonyl (C=O) groups is 1. The SMILES string of the molecule is Cc1nsc(-c2nnc3n2CCN(C(=O)c2ccc(N(C)C)cc2)[C@@H]3C)n1. The van der Waals surface area contributed by atoms with Crippen molar-refractivity contribution in [3.8, 4) is 10.8 Å². The summed E-state index contributed by atoms with van der Waals surface area (Å²) in [6, 6.07) is 7.51. The fraction of sp³-hybridized carbons (Fsp3) is 0.389. The van der Waals surface area contributed by atoms with Crippen LogP contribution in [0.2, 0.25) is 0 Å². The number of benzene rings is 1. The lowest BCUT2D eigenvalue weighted by atomic mass is 10.1. The number of aromatic nitrogens is 5. The van der Waals surface area contributed by atoms with Crippen molar-refractivity contribution in [3.63, 3.8) is 0 Å². The highest BCUT2D eigenvalue weighted by molar-refractivity contribution is 7.09. The van der Waals surface area contributed by atoms with E-state index in [1.807, 2.05) is 66.6 Å². The third-order valence-electron chi connectivity index (χ3n) is 4.80. The number of carbonyl (C=O) groups excluding carboxylic acids is 1. The molecule has 140 valence electrons. The van der Waals surface area contributed by atoms with Gasteiger partial charge >= 0.3 is 0 Å². The summed E-state index contributed by atoms with van der Waals surface area (Å²) in [5.41, 5.74) is 1.75. The zero-order valence-electron chi connectivity index (χ0n) is 15.7. The van der Waals surface area contributed by atoms with Crippen molar-refractivity contribution >= 4 is 23.1 Å². The molecule has 3 aromatic rings. The molecule has 0 saturated heterocycles. The number of hydrogen-bond acceptors (Lipinski definition) is 7. The van der Waals surface area contributed by atoms with E-state index in [4.69, 9.17) is 0 Å². The van der Waals surface area contributed by atoms with E-state index in [2.05, 4.69) is 19.6 Å². The van der Waals surface area contributed by atoms with Gasteiger partial charge in [0.25, 0.3) is 5.91 Å². The summed E-state index contributed by atoms with van der Waals surface area (Å²) in [6.07, 6.45) is 0. The minimum absolute atomic E-state index is 0.00960. The summed E-state index contributed by atoms with van der Waals surface area (Å²) in [5.74, 6) is 2.25. The molecule has 1 aliphatic heterocycles. The van der Waals surface area contributed by atoms with E-state index in [0.717, 1.165) is 28.2 Å². The van der Waals surface area contributed by atoms with Crippen molar-refractivity contribution in [2.24, 2.45) is 0 Å². The Morgan fingerprint density at radius 1 is 1.19 bits per heavy atom. The van der Waals surface area contributed by atoms with Crippen LogP contribution < -0.4 is 4.90 Å². The van der Waals surface area contributed by atoms with Crippen LogP contribution in [0, 0.1) is 6.92 Å². The minimum atomic E-state index is -0.157. The topological polar surface area (TPSA) is 80.0 Å². The maximum atomic E-state index is 13.0. The number of fused-ring (bicyclic) bond motifs is 1. The van der Waals surface area contributed by atoms with Crippen LogP contribution in [-0.4, -0.2) is 55.6 Å². The van der Waals surface area contributed by atoms with Crippen molar-refractivity contribution in [1.82, 2.24) is 29.0 Å². The number of nitrogens with zero attached hydrogens (tertiary/aromatic N) is 7. The number of amides is 1. The summed E-state index contributed by atoms with van der Waals surface area (Å²) < 4.78 is 6.27. The van der Waals surface area contributed by atoms with Crippen LogP contribution in [0.25, 0.3) is 10.8 Å². The van der Waals surface area contributed by atoms with Gasteiger partial charge in [-0.05, 0) is 49.6 Å². The lowest BCUT2D eigenvalue weighted by Gasteiger charge is -2.33. The minimum Gasteiger partial charge on any atom is -0.378 e. The van der Waals surface area contributed by atoms with Gasteiger partial charge < -0.3 is 14.4 Å². The maximum Gasteiger partial charge on any atom is 0.254 e. The molecular formula is C18H21N7OS. The molecule has 0 unspecified atom stereocenters. The largest absolute Gasteiger partial charge is 0.378 e. The Morgan fingerprint density at radius 2 is 1.93 bits per heavy atom. The van der Waals surface area contributed by atoms with Gasteiger partial charge in [0.05, 0.1) is 6.04 Å². The summed E-state index contributed by atoms with van der Waals surface area (Å²) >= 11 is 1.32. The van der Waals surface area contributed by atoms with Crippen molar-refractivity contribution in [2.75, 3.05) is 25.5 Å². The van der Waals surface area contributed by atoms with E-state index >= 15 is 0 Å². The first-order chi connectivity index (χ1) is 13.0. The molecule has 0 bridgehead atoms. The van der Waals surface area contributed by atoms with Crippen LogP contribution in [0.4, 0.5) is 5.69 Å². The molecular weight excluding hydrogens is 362 g/mol. The number of hydrogen-bond donors (Lipinski definition) is 0. The summed E-state index contributed by atoms with van der Waals surface area (Å²) in [4.78, 5) is 21.3. The van der Waals surface area contributed by atoms with E-state index in [1.165, 1.54) is 11.5 Å². The zero-order chi connectivity index (χ0) is 19.1. The average molecular weight is 383 g/mol. The first kappa shape index (κ1) is 17.6. The van der Waals surface area contributed by atoms with E-state index in [0.29, 0.717) is 18.7 Å². The zero-order valence-corrected chi connectivity index (χ0v) is 16.6. The molecule has 1 amide bonds. The second-order valence-corrected chi connectivity index (χ2v) is 7.55. The molecule has 0 saturated carbocycles. The van der Waals surface area contributed by atoms with Crippen LogP contribution in [0.15, 0.2) is 24.3 Å². The first-order valence-corrected chi connectivity index (χ1v) is 9.55. The normalized spacial score (nSPS) is 16.3. The van der Waals surface area contributed by atoms with Crippen molar-refractivity contribution in [2.45, 2.75) is 26.4 Å². The van der Waals surface area contributed by atoms with Gasteiger partial charge in [-0.15, -0.1) is 10.2 Å². The van der Waals surface area contributed by atoms with Crippen LogP contribution in [0.3, 0.4) is 0 Å². The second kappa shape index (κ2) is 6.73. The molecule has 0 spiro atoms. The van der Waals surface area contributed by atoms with Crippen LogP contribution in [-0.2, 0) is 6.54 Å². The molecule has 0 aliphatic carbocycles. The molecule has 1 aromatic carbocycles. The molecule has 0 fully saturated rings. The molecule has 1 atom stereocenters.